The molecule has 2 aromatic carbocycles. The van der Waals surface area contributed by atoms with Crippen LogP contribution in [0.5, 0.6) is 0 Å². The van der Waals surface area contributed by atoms with Crippen LogP contribution in [0.15, 0.2) is 48.5 Å². The summed E-state index contributed by atoms with van der Waals surface area (Å²) in [5.41, 5.74) is 11.5. The first-order chi connectivity index (χ1) is 11.7. The fourth-order valence-corrected chi connectivity index (χ4v) is 4.66. The summed E-state index contributed by atoms with van der Waals surface area (Å²) in [6.07, 6.45) is 2.56. The van der Waals surface area contributed by atoms with Gasteiger partial charge in [-0.1, -0.05) is 48.5 Å². The van der Waals surface area contributed by atoms with Gasteiger partial charge in [0.2, 0.25) is 0 Å². The molecule has 0 aliphatic heterocycles. The van der Waals surface area contributed by atoms with E-state index in [2.05, 4.69) is 48.5 Å². The molecule has 2 aliphatic rings. The van der Waals surface area contributed by atoms with Crippen molar-refractivity contribution in [2.45, 2.75) is 37.6 Å². The highest BCUT2D eigenvalue weighted by Crippen LogP contribution is 2.56. The van der Waals surface area contributed by atoms with Crippen molar-refractivity contribution in [2.24, 2.45) is 11.7 Å². The largest absolute Gasteiger partial charge is 0.466 e. The SMILES string of the molecule is CCOC(=O)[C@@H]1CC2(CC[C@@H]1N)c1ccccc1-c1ccccc12. The Hall–Kier alpha value is -2.13. The van der Waals surface area contributed by atoms with Crippen LogP contribution in [0.1, 0.15) is 37.3 Å². The zero-order valence-electron chi connectivity index (χ0n) is 14.0. The van der Waals surface area contributed by atoms with Crippen molar-refractivity contribution >= 4 is 5.97 Å². The number of rotatable bonds is 2. The highest BCUT2D eigenvalue weighted by molar-refractivity contribution is 5.82. The summed E-state index contributed by atoms with van der Waals surface area (Å²) in [5.74, 6) is -0.385. The lowest BCUT2D eigenvalue weighted by Gasteiger charge is -2.42. The normalized spacial score (nSPS) is 23.6. The number of fused-ring (bicyclic) bond motifs is 5. The molecule has 24 heavy (non-hydrogen) atoms. The second-order valence-corrected chi connectivity index (χ2v) is 6.94. The number of ether oxygens (including phenoxy) is 1. The molecule has 0 aromatic heterocycles. The molecule has 0 bridgehead atoms. The summed E-state index contributed by atoms with van der Waals surface area (Å²) < 4.78 is 5.31. The second kappa shape index (κ2) is 5.75. The van der Waals surface area contributed by atoms with Crippen molar-refractivity contribution in [1.29, 1.82) is 0 Å². The third-order valence-electron chi connectivity index (χ3n) is 5.75. The molecule has 2 aliphatic carbocycles. The fraction of sp³-hybridized carbons (Fsp3) is 0.381. The molecular formula is C21H23NO2. The van der Waals surface area contributed by atoms with Crippen molar-refractivity contribution in [1.82, 2.24) is 0 Å². The minimum Gasteiger partial charge on any atom is -0.466 e. The van der Waals surface area contributed by atoms with Crippen LogP contribution in [0.2, 0.25) is 0 Å². The van der Waals surface area contributed by atoms with Gasteiger partial charge in [-0.3, -0.25) is 4.79 Å². The van der Waals surface area contributed by atoms with Crippen LogP contribution in [-0.4, -0.2) is 18.6 Å². The predicted molar refractivity (Wildman–Crippen MR) is 94.6 cm³/mol. The van der Waals surface area contributed by atoms with Gasteiger partial charge in [0.15, 0.2) is 0 Å². The lowest BCUT2D eigenvalue weighted by atomic mass is 9.63. The number of hydrogen-bond donors (Lipinski definition) is 1. The third kappa shape index (κ3) is 2.11. The van der Waals surface area contributed by atoms with Gasteiger partial charge in [0.25, 0.3) is 0 Å². The van der Waals surface area contributed by atoms with Crippen molar-refractivity contribution in [2.75, 3.05) is 6.61 Å². The van der Waals surface area contributed by atoms with Crippen LogP contribution in [-0.2, 0) is 14.9 Å². The minimum atomic E-state index is -0.238. The molecule has 1 saturated carbocycles. The van der Waals surface area contributed by atoms with Crippen LogP contribution in [0, 0.1) is 5.92 Å². The first-order valence-corrected chi connectivity index (χ1v) is 8.79. The van der Waals surface area contributed by atoms with Gasteiger partial charge in [-0.15, -0.1) is 0 Å². The minimum absolute atomic E-state index is 0.111. The van der Waals surface area contributed by atoms with Gasteiger partial charge in [0.1, 0.15) is 0 Å². The quantitative estimate of drug-likeness (QED) is 0.859. The van der Waals surface area contributed by atoms with E-state index in [4.69, 9.17) is 10.5 Å². The van der Waals surface area contributed by atoms with E-state index in [9.17, 15) is 4.79 Å². The summed E-state index contributed by atoms with van der Waals surface area (Å²) in [4.78, 5) is 12.5. The molecule has 2 atom stereocenters. The molecule has 124 valence electrons. The summed E-state index contributed by atoms with van der Waals surface area (Å²) >= 11 is 0. The maximum atomic E-state index is 12.5. The monoisotopic (exact) mass is 321 g/mol. The third-order valence-corrected chi connectivity index (χ3v) is 5.75. The lowest BCUT2D eigenvalue weighted by Crippen LogP contribution is -2.47. The molecule has 3 nitrogen and oxygen atoms in total. The highest BCUT2D eigenvalue weighted by Gasteiger charge is 2.49. The molecule has 1 fully saturated rings. The predicted octanol–water partition coefficient (Wildman–Crippen LogP) is 3.64. The number of nitrogens with two attached hydrogens (primary N) is 1. The Morgan fingerprint density at radius 2 is 1.71 bits per heavy atom. The number of esters is 1. The zero-order valence-corrected chi connectivity index (χ0v) is 14.0. The molecule has 0 radical (unpaired) electrons. The van der Waals surface area contributed by atoms with E-state index < -0.39 is 0 Å². The van der Waals surface area contributed by atoms with Crippen molar-refractivity contribution in [3.63, 3.8) is 0 Å². The molecule has 4 rings (SSSR count). The average molecular weight is 321 g/mol. The lowest BCUT2D eigenvalue weighted by molar-refractivity contribution is -0.150. The number of benzene rings is 2. The molecule has 2 N–H and O–H groups in total. The molecule has 1 spiro atoms. The molecule has 0 amide bonds. The standard InChI is InChI=1S/C21H23NO2/c1-2-24-20(23)16-13-21(12-11-19(16)22)17-9-5-3-7-14(17)15-8-4-6-10-18(15)21/h3-10,16,19H,2,11-13,22H2,1H3/t16-,19+/m1/s1. The number of hydrogen-bond acceptors (Lipinski definition) is 3. The van der Waals surface area contributed by atoms with Crippen molar-refractivity contribution < 1.29 is 9.53 Å². The molecule has 2 aromatic rings. The van der Waals surface area contributed by atoms with Crippen molar-refractivity contribution in [3.05, 3.63) is 59.7 Å². The Labute approximate surface area is 142 Å². The van der Waals surface area contributed by atoms with Crippen LogP contribution in [0.4, 0.5) is 0 Å². The van der Waals surface area contributed by atoms with Gasteiger partial charge in [-0.05, 0) is 48.4 Å². The summed E-state index contributed by atoms with van der Waals surface area (Å²) in [6, 6.07) is 17.1. The summed E-state index contributed by atoms with van der Waals surface area (Å²) in [6.45, 7) is 2.25. The van der Waals surface area contributed by atoms with Gasteiger partial charge in [0, 0.05) is 11.5 Å². The maximum Gasteiger partial charge on any atom is 0.310 e. The first-order valence-electron chi connectivity index (χ1n) is 8.79. The molecule has 0 saturated heterocycles. The smallest absolute Gasteiger partial charge is 0.310 e. The average Bonchev–Trinajstić information content (AvgIpc) is 2.88. The molecule has 0 heterocycles. The number of carbonyl (C=O) groups excluding carboxylic acids is 1. The second-order valence-electron chi connectivity index (χ2n) is 6.94. The molecule has 0 unspecified atom stereocenters. The van der Waals surface area contributed by atoms with E-state index in [-0.39, 0.29) is 23.3 Å². The first kappa shape index (κ1) is 15.4. The molecular weight excluding hydrogens is 298 g/mol. The van der Waals surface area contributed by atoms with E-state index in [1.807, 2.05) is 6.92 Å². The van der Waals surface area contributed by atoms with E-state index >= 15 is 0 Å². The van der Waals surface area contributed by atoms with E-state index in [0.29, 0.717) is 6.61 Å². The summed E-state index contributed by atoms with van der Waals surface area (Å²) in [7, 11) is 0. The number of carbonyl (C=O) groups is 1. The topological polar surface area (TPSA) is 52.3 Å². The van der Waals surface area contributed by atoms with Gasteiger partial charge in [0.05, 0.1) is 12.5 Å². The Bertz CT molecular complexity index is 737. The Morgan fingerprint density at radius 3 is 2.29 bits per heavy atom. The Kier molecular flexibility index (Phi) is 3.69. The van der Waals surface area contributed by atoms with Gasteiger partial charge < -0.3 is 10.5 Å². The molecule has 3 heteroatoms. The Morgan fingerprint density at radius 1 is 1.12 bits per heavy atom. The zero-order chi connectivity index (χ0) is 16.7. The fourth-order valence-electron chi connectivity index (χ4n) is 4.66. The highest BCUT2D eigenvalue weighted by atomic mass is 16.5. The van der Waals surface area contributed by atoms with E-state index in [1.54, 1.807) is 0 Å². The van der Waals surface area contributed by atoms with Crippen molar-refractivity contribution in [3.8, 4) is 11.1 Å². The van der Waals surface area contributed by atoms with Crippen LogP contribution >= 0.6 is 0 Å². The van der Waals surface area contributed by atoms with Gasteiger partial charge in [-0.25, -0.2) is 0 Å². The van der Waals surface area contributed by atoms with Crippen LogP contribution in [0.3, 0.4) is 0 Å². The maximum absolute atomic E-state index is 12.5. The van der Waals surface area contributed by atoms with E-state index in [1.165, 1.54) is 22.3 Å². The summed E-state index contributed by atoms with van der Waals surface area (Å²) in [5, 5.41) is 0. The van der Waals surface area contributed by atoms with Crippen LogP contribution in [0.25, 0.3) is 11.1 Å². The van der Waals surface area contributed by atoms with Crippen LogP contribution < -0.4 is 5.73 Å². The Balaban J connectivity index is 1.83. The van der Waals surface area contributed by atoms with E-state index in [0.717, 1.165) is 19.3 Å². The van der Waals surface area contributed by atoms with Gasteiger partial charge in [-0.2, -0.15) is 0 Å². The van der Waals surface area contributed by atoms with Gasteiger partial charge >= 0.3 is 5.97 Å².